The zero-order chi connectivity index (χ0) is 7.40. The Kier molecular flexibility index (Phi) is 2.17. The Labute approximate surface area is 62.2 Å². The summed E-state index contributed by atoms with van der Waals surface area (Å²) in [4.78, 5) is 7.43. The predicted molar refractivity (Wildman–Crippen MR) is 36.2 cm³/mol. The van der Waals surface area contributed by atoms with E-state index in [0.717, 1.165) is 0 Å². The van der Waals surface area contributed by atoms with E-state index in [-0.39, 0.29) is 11.0 Å². The van der Waals surface area contributed by atoms with Gasteiger partial charge in [-0.05, 0) is 6.07 Å². The normalized spacial score (nSPS) is 11.5. The van der Waals surface area contributed by atoms with Gasteiger partial charge in [0, 0.05) is 12.4 Å². The summed E-state index contributed by atoms with van der Waals surface area (Å²) in [6.07, 6.45) is 3.02. The molecule has 0 saturated carbocycles. The van der Waals surface area contributed by atoms with Crippen LogP contribution in [0, 0.1) is 0 Å². The van der Waals surface area contributed by atoms with Crippen molar-refractivity contribution in [3.63, 3.8) is 0 Å². The molecule has 0 aliphatic rings. The van der Waals surface area contributed by atoms with E-state index >= 15 is 0 Å². The van der Waals surface area contributed by atoms with Crippen molar-refractivity contribution in [1.82, 2.24) is 9.97 Å². The summed E-state index contributed by atoms with van der Waals surface area (Å²) >= 11 is 5.37. The third-order valence-corrected chi connectivity index (χ3v) is 1.08. The number of hydrogen-bond acceptors (Lipinski definition) is 4. The largest absolute Gasteiger partial charge is 0.410 e. The first kappa shape index (κ1) is 6.95. The average Bonchev–Trinajstić information content (AvgIpc) is 2.05. The van der Waals surface area contributed by atoms with Crippen molar-refractivity contribution in [3.8, 4) is 0 Å². The van der Waals surface area contributed by atoms with Crippen molar-refractivity contribution in [2.75, 3.05) is 0 Å². The first-order chi connectivity index (χ1) is 4.84. The first-order valence-electron chi connectivity index (χ1n) is 2.49. The molecule has 1 rings (SSSR count). The van der Waals surface area contributed by atoms with Gasteiger partial charge in [-0.1, -0.05) is 16.8 Å². The molecule has 1 aromatic rings. The Morgan fingerprint density at radius 1 is 1.50 bits per heavy atom. The van der Waals surface area contributed by atoms with Crippen LogP contribution < -0.4 is 0 Å². The van der Waals surface area contributed by atoms with Gasteiger partial charge < -0.3 is 5.21 Å². The van der Waals surface area contributed by atoms with E-state index in [0.29, 0.717) is 0 Å². The molecule has 0 aliphatic heterocycles. The quantitative estimate of drug-likeness (QED) is 0.374. The molecule has 0 amide bonds. The summed E-state index contributed by atoms with van der Waals surface area (Å²) in [6.45, 7) is 0. The molecule has 0 unspecified atom stereocenters. The van der Waals surface area contributed by atoms with Crippen molar-refractivity contribution < 1.29 is 5.21 Å². The van der Waals surface area contributed by atoms with Crippen molar-refractivity contribution in [2.45, 2.75) is 0 Å². The van der Waals surface area contributed by atoms with E-state index in [1.165, 1.54) is 12.4 Å². The molecule has 52 valence electrons. The smallest absolute Gasteiger partial charge is 0.212 e. The summed E-state index contributed by atoms with van der Waals surface area (Å²) in [5.41, 5.74) is 0. The van der Waals surface area contributed by atoms with Gasteiger partial charge in [0.15, 0.2) is 5.82 Å². The van der Waals surface area contributed by atoms with Gasteiger partial charge in [0.1, 0.15) is 0 Å². The molecule has 0 aliphatic carbocycles. The van der Waals surface area contributed by atoms with Crippen molar-refractivity contribution in [3.05, 3.63) is 24.3 Å². The SMILES string of the molecule is ON=C(Cl)c1ncccn1. The minimum Gasteiger partial charge on any atom is -0.410 e. The lowest BCUT2D eigenvalue weighted by Gasteiger charge is -1.89. The number of halogens is 1. The second-order valence-corrected chi connectivity index (χ2v) is 1.82. The Hall–Kier alpha value is -1.16. The molecule has 1 aromatic heterocycles. The standard InChI is InChI=1S/C5H4ClN3O/c6-4(9-10)5-7-2-1-3-8-5/h1-3,10H. The van der Waals surface area contributed by atoms with Crippen LogP contribution in [0.2, 0.25) is 0 Å². The maximum Gasteiger partial charge on any atom is 0.212 e. The fraction of sp³-hybridized carbons (Fsp3) is 0. The fourth-order valence-corrected chi connectivity index (χ4v) is 0.548. The zero-order valence-electron chi connectivity index (χ0n) is 4.90. The van der Waals surface area contributed by atoms with Crippen LogP contribution >= 0.6 is 11.6 Å². The van der Waals surface area contributed by atoms with Crippen LogP contribution in [0.3, 0.4) is 0 Å². The van der Waals surface area contributed by atoms with Crippen molar-refractivity contribution in [2.24, 2.45) is 5.16 Å². The van der Waals surface area contributed by atoms with Crippen LogP contribution in [0.5, 0.6) is 0 Å². The number of aromatic nitrogens is 2. The lowest BCUT2D eigenvalue weighted by atomic mass is 10.6. The van der Waals surface area contributed by atoms with E-state index in [2.05, 4.69) is 15.1 Å². The minimum absolute atomic E-state index is 0.111. The fourth-order valence-electron chi connectivity index (χ4n) is 0.450. The van der Waals surface area contributed by atoms with Crippen molar-refractivity contribution in [1.29, 1.82) is 0 Å². The molecular weight excluding hydrogens is 154 g/mol. The van der Waals surface area contributed by atoms with E-state index in [1.807, 2.05) is 0 Å². The van der Waals surface area contributed by atoms with Gasteiger partial charge in [-0.15, -0.1) is 0 Å². The predicted octanol–water partition coefficient (Wildman–Crippen LogP) is 0.851. The van der Waals surface area contributed by atoms with Crippen LogP contribution in [0.4, 0.5) is 0 Å². The molecule has 0 atom stereocenters. The highest BCUT2D eigenvalue weighted by Crippen LogP contribution is 1.94. The van der Waals surface area contributed by atoms with Crippen LogP contribution in [0.15, 0.2) is 23.6 Å². The summed E-state index contributed by atoms with van der Waals surface area (Å²) in [6, 6.07) is 1.64. The van der Waals surface area contributed by atoms with E-state index in [4.69, 9.17) is 16.8 Å². The Bertz CT molecular complexity index is 236. The third kappa shape index (κ3) is 1.41. The van der Waals surface area contributed by atoms with Gasteiger partial charge >= 0.3 is 0 Å². The summed E-state index contributed by atoms with van der Waals surface area (Å²) in [7, 11) is 0. The molecule has 0 aromatic carbocycles. The maximum atomic E-state index is 8.16. The lowest BCUT2D eigenvalue weighted by Crippen LogP contribution is -1.97. The second-order valence-electron chi connectivity index (χ2n) is 1.46. The number of rotatable bonds is 1. The molecule has 0 fully saturated rings. The Morgan fingerprint density at radius 2 is 2.10 bits per heavy atom. The van der Waals surface area contributed by atoms with Gasteiger partial charge in [-0.2, -0.15) is 0 Å². The molecule has 1 heterocycles. The Balaban J connectivity index is 2.96. The van der Waals surface area contributed by atoms with Gasteiger partial charge in [0.2, 0.25) is 5.17 Å². The number of hydrogen-bond donors (Lipinski definition) is 1. The van der Waals surface area contributed by atoms with Crippen LogP contribution in [-0.4, -0.2) is 20.3 Å². The second kappa shape index (κ2) is 3.12. The summed E-state index contributed by atoms with van der Waals surface area (Å²) in [5, 5.41) is 10.8. The molecule has 5 heteroatoms. The van der Waals surface area contributed by atoms with E-state index in [9.17, 15) is 0 Å². The van der Waals surface area contributed by atoms with Gasteiger partial charge in [-0.3, -0.25) is 0 Å². The van der Waals surface area contributed by atoms with E-state index < -0.39 is 0 Å². The summed E-state index contributed by atoms with van der Waals surface area (Å²) in [5.74, 6) is 0.215. The van der Waals surface area contributed by atoms with Crippen LogP contribution in [0.25, 0.3) is 0 Å². The monoisotopic (exact) mass is 157 g/mol. The molecule has 0 bridgehead atoms. The third-order valence-electron chi connectivity index (χ3n) is 0.838. The van der Waals surface area contributed by atoms with Crippen LogP contribution in [0.1, 0.15) is 5.82 Å². The lowest BCUT2D eigenvalue weighted by molar-refractivity contribution is 0.320. The van der Waals surface area contributed by atoms with Gasteiger partial charge in [0.25, 0.3) is 0 Å². The summed E-state index contributed by atoms with van der Waals surface area (Å²) < 4.78 is 0. The highest BCUT2D eigenvalue weighted by molar-refractivity contribution is 6.68. The average molecular weight is 158 g/mol. The minimum atomic E-state index is -0.111. The molecule has 0 spiro atoms. The number of nitrogens with zero attached hydrogens (tertiary/aromatic N) is 3. The topological polar surface area (TPSA) is 58.4 Å². The van der Waals surface area contributed by atoms with Gasteiger partial charge in [0.05, 0.1) is 0 Å². The molecule has 0 saturated heterocycles. The maximum absolute atomic E-state index is 8.16. The highest BCUT2D eigenvalue weighted by atomic mass is 35.5. The first-order valence-corrected chi connectivity index (χ1v) is 2.87. The molecular formula is C5H4ClN3O. The molecule has 0 radical (unpaired) electrons. The van der Waals surface area contributed by atoms with Gasteiger partial charge in [-0.25, -0.2) is 9.97 Å². The van der Waals surface area contributed by atoms with Crippen molar-refractivity contribution >= 4 is 16.8 Å². The Morgan fingerprint density at radius 3 is 2.60 bits per heavy atom. The number of oxime groups is 1. The molecule has 10 heavy (non-hydrogen) atoms. The zero-order valence-corrected chi connectivity index (χ0v) is 5.65. The van der Waals surface area contributed by atoms with Crippen LogP contribution in [-0.2, 0) is 0 Å². The molecule has 1 N–H and O–H groups in total. The highest BCUT2D eigenvalue weighted by Gasteiger charge is 1.99. The molecule has 4 nitrogen and oxygen atoms in total. The van der Waals surface area contributed by atoms with E-state index in [1.54, 1.807) is 6.07 Å².